The van der Waals surface area contributed by atoms with Crippen molar-refractivity contribution in [2.24, 2.45) is 0 Å². The van der Waals surface area contributed by atoms with Crippen LogP contribution in [-0.4, -0.2) is 9.55 Å². The first-order chi connectivity index (χ1) is 17.3. The molecule has 0 saturated heterocycles. The number of rotatable bonds is 3. The summed E-state index contributed by atoms with van der Waals surface area (Å²) in [6.45, 7) is 2.18. The Morgan fingerprint density at radius 2 is 1.69 bits per heavy atom. The molecule has 7 rings (SSSR count). The third kappa shape index (κ3) is 3.16. The van der Waals surface area contributed by atoms with Gasteiger partial charge < -0.3 is 4.42 Å². The molecule has 0 aliphatic heterocycles. The Labute approximate surface area is 204 Å². The van der Waals surface area contributed by atoms with Gasteiger partial charge >= 0.3 is 0 Å². The van der Waals surface area contributed by atoms with E-state index in [1.54, 1.807) is 0 Å². The van der Waals surface area contributed by atoms with Crippen molar-refractivity contribution in [1.29, 1.82) is 0 Å². The van der Waals surface area contributed by atoms with Gasteiger partial charge in [-0.15, -0.1) is 0 Å². The fourth-order valence-electron chi connectivity index (χ4n) is 5.37. The average Bonchev–Trinajstić information content (AvgIpc) is 3.48. The smallest absolute Gasteiger partial charge is 0.145 e. The molecule has 0 bridgehead atoms. The zero-order valence-corrected chi connectivity index (χ0v) is 19.5. The first-order valence-corrected chi connectivity index (χ1v) is 12.1. The van der Waals surface area contributed by atoms with Gasteiger partial charge in [-0.05, 0) is 67.3 Å². The minimum atomic E-state index is 0.948. The second-order valence-corrected chi connectivity index (χ2v) is 9.19. The van der Waals surface area contributed by atoms with Crippen LogP contribution in [0.5, 0.6) is 0 Å². The molecular weight excluding hydrogens is 428 g/mol. The SMILES string of the molecule is Cc1cc(-c2nc3ccccc3n2-c2ccccc2)ccc1-c1cccc2c3c(oc12)C=CCC3. The average molecular weight is 453 g/mol. The second kappa shape index (κ2) is 7.85. The molecule has 6 aromatic rings. The number of hydrogen-bond donors (Lipinski definition) is 0. The number of fused-ring (bicyclic) bond motifs is 4. The third-order valence-electron chi connectivity index (χ3n) is 7.03. The van der Waals surface area contributed by atoms with Gasteiger partial charge in [-0.1, -0.05) is 66.7 Å². The van der Waals surface area contributed by atoms with Crippen LogP contribution < -0.4 is 0 Å². The van der Waals surface area contributed by atoms with Gasteiger partial charge in [0, 0.05) is 27.8 Å². The maximum Gasteiger partial charge on any atom is 0.145 e. The summed E-state index contributed by atoms with van der Waals surface area (Å²) in [4.78, 5) is 5.03. The zero-order valence-electron chi connectivity index (χ0n) is 19.5. The molecule has 0 spiro atoms. The molecule has 0 radical (unpaired) electrons. The molecule has 2 aromatic heterocycles. The number of para-hydroxylation sites is 4. The summed E-state index contributed by atoms with van der Waals surface area (Å²) in [5, 5.41) is 1.23. The van der Waals surface area contributed by atoms with Gasteiger partial charge in [0.1, 0.15) is 17.2 Å². The lowest BCUT2D eigenvalue weighted by molar-refractivity contribution is 0.596. The standard InChI is InChI=1S/C32H24N2O/c1-21-20-22(32-33-28-15-6-7-16-29(28)34(32)23-10-3-2-4-11-23)18-19-24(21)26-13-9-14-27-25-12-5-8-17-30(25)35-31(26)27/h2-4,6-11,13-20H,5,12H2,1H3. The summed E-state index contributed by atoms with van der Waals surface area (Å²) in [6, 6.07) is 31.9. The Hall–Kier alpha value is -4.37. The number of hydrogen-bond acceptors (Lipinski definition) is 2. The largest absolute Gasteiger partial charge is 0.456 e. The number of imidazole rings is 1. The van der Waals surface area contributed by atoms with Crippen LogP contribution in [-0.2, 0) is 6.42 Å². The third-order valence-corrected chi connectivity index (χ3v) is 7.03. The highest BCUT2D eigenvalue weighted by molar-refractivity contribution is 5.97. The fourth-order valence-corrected chi connectivity index (χ4v) is 5.37. The van der Waals surface area contributed by atoms with Crippen LogP contribution in [0.2, 0.25) is 0 Å². The lowest BCUT2D eigenvalue weighted by Crippen LogP contribution is -1.98. The van der Waals surface area contributed by atoms with E-state index in [1.807, 2.05) is 12.1 Å². The lowest BCUT2D eigenvalue weighted by atomic mass is 9.95. The molecule has 0 fully saturated rings. The highest BCUT2D eigenvalue weighted by Crippen LogP contribution is 2.39. The second-order valence-electron chi connectivity index (χ2n) is 9.19. The van der Waals surface area contributed by atoms with Gasteiger partial charge in [0.2, 0.25) is 0 Å². The van der Waals surface area contributed by atoms with Gasteiger partial charge in [0.25, 0.3) is 0 Å². The molecule has 0 unspecified atom stereocenters. The van der Waals surface area contributed by atoms with Gasteiger partial charge in [0.05, 0.1) is 11.0 Å². The Morgan fingerprint density at radius 1 is 0.829 bits per heavy atom. The highest BCUT2D eigenvalue weighted by atomic mass is 16.3. The number of benzene rings is 4. The van der Waals surface area contributed by atoms with Crippen molar-refractivity contribution in [2.45, 2.75) is 19.8 Å². The van der Waals surface area contributed by atoms with E-state index in [2.05, 4.69) is 103 Å². The molecule has 1 aliphatic carbocycles. The van der Waals surface area contributed by atoms with Gasteiger partial charge in [-0.3, -0.25) is 4.57 Å². The Morgan fingerprint density at radius 3 is 2.57 bits per heavy atom. The van der Waals surface area contributed by atoms with Crippen molar-refractivity contribution < 1.29 is 4.42 Å². The van der Waals surface area contributed by atoms with Gasteiger partial charge in [-0.2, -0.15) is 0 Å². The maximum absolute atomic E-state index is 6.36. The molecule has 4 aromatic carbocycles. The van der Waals surface area contributed by atoms with Crippen LogP contribution in [0.3, 0.4) is 0 Å². The fraction of sp³-hybridized carbons (Fsp3) is 0.0938. The number of nitrogens with zero attached hydrogens (tertiary/aromatic N) is 2. The van der Waals surface area contributed by atoms with E-state index in [9.17, 15) is 0 Å². The van der Waals surface area contributed by atoms with Crippen LogP contribution in [0.4, 0.5) is 0 Å². The molecule has 0 N–H and O–H groups in total. The minimum Gasteiger partial charge on any atom is -0.456 e. The van der Waals surface area contributed by atoms with Crippen LogP contribution in [0, 0.1) is 6.92 Å². The topological polar surface area (TPSA) is 31.0 Å². The summed E-state index contributed by atoms with van der Waals surface area (Å²) in [5.41, 5.74) is 10.2. The minimum absolute atomic E-state index is 0.948. The van der Waals surface area contributed by atoms with Crippen LogP contribution in [0.25, 0.3) is 56.3 Å². The summed E-state index contributed by atoms with van der Waals surface area (Å²) in [7, 11) is 0. The van der Waals surface area contributed by atoms with Crippen molar-refractivity contribution in [3.05, 3.63) is 114 Å². The zero-order chi connectivity index (χ0) is 23.4. The van der Waals surface area contributed by atoms with Gasteiger partial charge in [0.15, 0.2) is 0 Å². The predicted octanol–water partition coefficient (Wildman–Crippen LogP) is 8.37. The first kappa shape index (κ1) is 20.0. The van der Waals surface area contributed by atoms with Crippen molar-refractivity contribution >= 4 is 28.1 Å². The van der Waals surface area contributed by atoms with Crippen molar-refractivity contribution in [3.8, 4) is 28.2 Å². The molecule has 1 aliphatic rings. The van der Waals surface area contributed by atoms with Crippen LogP contribution in [0.1, 0.15) is 23.3 Å². The molecule has 0 atom stereocenters. The Balaban J connectivity index is 1.40. The molecule has 168 valence electrons. The van der Waals surface area contributed by atoms with Crippen LogP contribution >= 0.6 is 0 Å². The molecular formula is C32H24N2O. The van der Waals surface area contributed by atoms with E-state index in [0.717, 1.165) is 57.9 Å². The highest BCUT2D eigenvalue weighted by Gasteiger charge is 2.19. The number of aryl methyl sites for hydroxylation is 2. The van der Waals surface area contributed by atoms with Crippen molar-refractivity contribution in [1.82, 2.24) is 9.55 Å². The van der Waals surface area contributed by atoms with E-state index < -0.39 is 0 Å². The summed E-state index contributed by atoms with van der Waals surface area (Å²) in [6.07, 6.45) is 6.42. The summed E-state index contributed by atoms with van der Waals surface area (Å²) < 4.78 is 8.61. The number of furan rings is 1. The van der Waals surface area contributed by atoms with Gasteiger partial charge in [-0.25, -0.2) is 4.98 Å². The number of allylic oxidation sites excluding steroid dienone is 1. The van der Waals surface area contributed by atoms with E-state index >= 15 is 0 Å². The van der Waals surface area contributed by atoms with E-state index in [0.29, 0.717) is 0 Å². The predicted molar refractivity (Wildman–Crippen MR) is 144 cm³/mol. The normalized spacial score (nSPS) is 12.9. The number of aromatic nitrogens is 2. The van der Waals surface area contributed by atoms with Crippen molar-refractivity contribution in [2.75, 3.05) is 0 Å². The molecule has 35 heavy (non-hydrogen) atoms. The summed E-state index contributed by atoms with van der Waals surface area (Å²) >= 11 is 0. The van der Waals surface area contributed by atoms with E-state index in [1.165, 1.54) is 22.1 Å². The maximum atomic E-state index is 6.36. The van der Waals surface area contributed by atoms with E-state index in [4.69, 9.17) is 9.40 Å². The quantitative estimate of drug-likeness (QED) is 0.270. The molecule has 2 heterocycles. The molecule has 0 saturated carbocycles. The lowest BCUT2D eigenvalue weighted by Gasteiger charge is -2.12. The summed E-state index contributed by atoms with van der Waals surface area (Å²) in [5.74, 6) is 1.95. The molecule has 3 heteroatoms. The molecule has 3 nitrogen and oxygen atoms in total. The van der Waals surface area contributed by atoms with E-state index in [-0.39, 0.29) is 0 Å². The Kier molecular flexibility index (Phi) is 4.49. The Bertz CT molecular complexity index is 1750. The van der Waals surface area contributed by atoms with Crippen molar-refractivity contribution in [3.63, 3.8) is 0 Å². The first-order valence-electron chi connectivity index (χ1n) is 12.1. The molecule has 0 amide bonds. The van der Waals surface area contributed by atoms with Crippen LogP contribution in [0.15, 0.2) is 101 Å². The monoisotopic (exact) mass is 452 g/mol.